The van der Waals surface area contributed by atoms with Gasteiger partial charge in [-0.15, -0.1) is 0 Å². The summed E-state index contributed by atoms with van der Waals surface area (Å²) in [6, 6.07) is 8.12. The van der Waals surface area contributed by atoms with Crippen molar-refractivity contribution in [1.29, 1.82) is 0 Å². The average Bonchev–Trinajstić information content (AvgIpc) is 3.36. The van der Waals surface area contributed by atoms with Gasteiger partial charge < -0.3 is 19.4 Å². The van der Waals surface area contributed by atoms with Crippen LogP contribution in [0.4, 0.5) is 0 Å². The summed E-state index contributed by atoms with van der Waals surface area (Å²) < 4.78 is 6.22. The molecule has 0 radical (unpaired) electrons. The lowest BCUT2D eigenvalue weighted by atomic mass is 9.76. The lowest BCUT2D eigenvalue weighted by molar-refractivity contribution is -0.150. The van der Waals surface area contributed by atoms with Gasteiger partial charge in [-0.1, -0.05) is 42.0 Å². The normalized spacial score (nSPS) is 32.3. The van der Waals surface area contributed by atoms with Crippen molar-refractivity contribution in [1.82, 2.24) is 14.7 Å². The Hall–Kier alpha value is -2.67. The molecule has 0 aromatic heterocycles. The highest BCUT2D eigenvalue weighted by Crippen LogP contribution is 2.52. The van der Waals surface area contributed by atoms with Crippen LogP contribution in [0.25, 0.3) is 0 Å². The molecule has 7 nitrogen and oxygen atoms in total. The Bertz CT molecular complexity index is 944. The van der Waals surface area contributed by atoms with Crippen LogP contribution in [0.1, 0.15) is 18.1 Å². The van der Waals surface area contributed by atoms with E-state index < -0.39 is 17.4 Å². The fourth-order valence-corrected chi connectivity index (χ4v) is 5.47. The van der Waals surface area contributed by atoms with Gasteiger partial charge in [0.25, 0.3) is 0 Å². The molecule has 0 aliphatic carbocycles. The molecule has 5 rings (SSSR count). The Morgan fingerprint density at radius 3 is 2.80 bits per heavy atom. The van der Waals surface area contributed by atoms with Gasteiger partial charge >= 0.3 is 0 Å². The third-order valence-corrected chi connectivity index (χ3v) is 6.93. The lowest BCUT2D eigenvalue weighted by Gasteiger charge is -2.36. The van der Waals surface area contributed by atoms with Gasteiger partial charge in [-0.2, -0.15) is 0 Å². The fraction of sp³-hybridized carbons (Fsp3) is 0.522. The molecule has 3 amide bonds. The van der Waals surface area contributed by atoms with E-state index in [-0.39, 0.29) is 30.4 Å². The van der Waals surface area contributed by atoms with E-state index in [4.69, 9.17) is 4.74 Å². The van der Waals surface area contributed by atoms with E-state index in [0.29, 0.717) is 32.7 Å². The summed E-state index contributed by atoms with van der Waals surface area (Å²) in [6.45, 7) is 6.72. The van der Waals surface area contributed by atoms with Crippen molar-refractivity contribution in [2.75, 3.05) is 32.7 Å². The zero-order valence-electron chi connectivity index (χ0n) is 17.4. The Morgan fingerprint density at radius 2 is 2.07 bits per heavy atom. The number of amides is 3. The van der Waals surface area contributed by atoms with Crippen LogP contribution in [0.3, 0.4) is 0 Å². The maximum Gasteiger partial charge on any atom is 0.242 e. The number of likely N-dealkylation sites (N-methyl/N-ethyl adjacent to an activating group) is 1. The minimum absolute atomic E-state index is 0.0276. The van der Waals surface area contributed by atoms with Crippen molar-refractivity contribution in [3.63, 3.8) is 0 Å². The second-order valence-electron chi connectivity index (χ2n) is 8.82. The first kappa shape index (κ1) is 19.3. The van der Waals surface area contributed by atoms with Crippen LogP contribution < -0.4 is 0 Å². The third kappa shape index (κ3) is 2.87. The number of nitrogens with zero attached hydrogens (tertiary/aromatic N) is 3. The molecule has 0 N–H and O–H groups in total. The number of piperazine rings is 1. The lowest BCUT2D eigenvalue weighted by Crippen LogP contribution is -2.55. The second kappa shape index (κ2) is 6.94. The predicted octanol–water partition coefficient (Wildman–Crippen LogP) is 0.968. The highest BCUT2D eigenvalue weighted by molar-refractivity contribution is 5.94. The van der Waals surface area contributed by atoms with E-state index in [1.165, 1.54) is 0 Å². The number of hydrogen-bond acceptors (Lipinski definition) is 4. The van der Waals surface area contributed by atoms with Gasteiger partial charge in [0.1, 0.15) is 5.60 Å². The van der Waals surface area contributed by atoms with Gasteiger partial charge in [0.2, 0.25) is 17.7 Å². The predicted molar refractivity (Wildman–Crippen MR) is 109 cm³/mol. The summed E-state index contributed by atoms with van der Waals surface area (Å²) in [4.78, 5) is 44.3. The number of carbonyl (C=O) groups is 3. The molecule has 30 heavy (non-hydrogen) atoms. The molecule has 4 aliphatic heterocycles. The molecule has 1 aromatic rings. The van der Waals surface area contributed by atoms with Crippen molar-refractivity contribution in [2.45, 2.75) is 32.1 Å². The minimum Gasteiger partial charge on any atom is -0.360 e. The first-order valence-electron chi connectivity index (χ1n) is 10.7. The van der Waals surface area contributed by atoms with Crippen LogP contribution >= 0.6 is 0 Å². The van der Waals surface area contributed by atoms with Crippen LogP contribution in [0.2, 0.25) is 0 Å². The Labute approximate surface area is 176 Å². The second-order valence-corrected chi connectivity index (χ2v) is 8.82. The quantitative estimate of drug-likeness (QED) is 0.695. The standard InChI is InChI=1S/C23H27N3O4/c1-3-24-9-10-25(13-18(24)27)21(28)19-17-7-8-23(30-17)14-26(22(29)20(19)23)12-16-6-4-5-15(2)11-16/h4-8,11,17,19-20H,3,9-10,12-14H2,1-2H3/t17-,19-,20-,23-/m0/s1. The molecule has 0 saturated carbocycles. The zero-order valence-corrected chi connectivity index (χ0v) is 17.4. The van der Waals surface area contributed by atoms with Crippen LogP contribution in [-0.4, -0.2) is 76.9 Å². The number of benzene rings is 1. The number of likely N-dealkylation sites (tertiary alicyclic amines) is 1. The first-order chi connectivity index (χ1) is 14.4. The van der Waals surface area contributed by atoms with Gasteiger partial charge in [0.15, 0.2) is 0 Å². The maximum absolute atomic E-state index is 13.4. The summed E-state index contributed by atoms with van der Waals surface area (Å²) in [5, 5.41) is 0. The van der Waals surface area contributed by atoms with E-state index in [9.17, 15) is 14.4 Å². The smallest absolute Gasteiger partial charge is 0.242 e. The van der Waals surface area contributed by atoms with Gasteiger partial charge in [-0.25, -0.2) is 0 Å². The Kier molecular flexibility index (Phi) is 4.47. The van der Waals surface area contributed by atoms with Crippen LogP contribution in [0.15, 0.2) is 36.4 Å². The molecule has 4 atom stereocenters. The maximum atomic E-state index is 13.4. The minimum atomic E-state index is -0.721. The van der Waals surface area contributed by atoms with Crippen LogP contribution in [0.5, 0.6) is 0 Å². The molecule has 3 fully saturated rings. The summed E-state index contributed by atoms with van der Waals surface area (Å²) in [6.07, 6.45) is 3.51. The van der Waals surface area contributed by atoms with E-state index in [1.54, 1.807) is 9.80 Å². The zero-order chi connectivity index (χ0) is 21.0. The molecule has 1 spiro atoms. The molecule has 0 unspecified atom stereocenters. The number of rotatable bonds is 4. The average molecular weight is 409 g/mol. The molecule has 4 heterocycles. The van der Waals surface area contributed by atoms with E-state index in [2.05, 4.69) is 6.07 Å². The number of ether oxygens (including phenoxy) is 1. The van der Waals surface area contributed by atoms with Crippen molar-refractivity contribution < 1.29 is 19.1 Å². The summed E-state index contributed by atoms with van der Waals surface area (Å²) in [5.41, 5.74) is 1.50. The molecule has 7 heteroatoms. The first-order valence-corrected chi connectivity index (χ1v) is 10.7. The fourth-order valence-electron chi connectivity index (χ4n) is 5.47. The SMILES string of the molecule is CCN1CCN(C(=O)[C@H]2[C@@H]3C=C[C@@]4(CN(Cc5cccc(C)c5)C(=O)[C@H]24)O3)CC1=O. The van der Waals surface area contributed by atoms with Crippen molar-refractivity contribution in [3.8, 4) is 0 Å². The number of hydrogen-bond donors (Lipinski definition) is 0. The summed E-state index contributed by atoms with van der Waals surface area (Å²) >= 11 is 0. The van der Waals surface area contributed by atoms with Crippen molar-refractivity contribution >= 4 is 17.7 Å². The molecular formula is C23H27N3O4. The monoisotopic (exact) mass is 409 g/mol. The molecule has 4 aliphatic rings. The van der Waals surface area contributed by atoms with E-state index in [1.807, 2.05) is 49.1 Å². The van der Waals surface area contributed by atoms with E-state index >= 15 is 0 Å². The van der Waals surface area contributed by atoms with Crippen LogP contribution in [0, 0.1) is 18.8 Å². The molecule has 158 valence electrons. The summed E-state index contributed by atoms with van der Waals surface area (Å²) in [5.74, 6) is -1.26. The van der Waals surface area contributed by atoms with Gasteiger partial charge in [-0.05, 0) is 19.4 Å². The molecule has 3 saturated heterocycles. The molecule has 2 bridgehead atoms. The van der Waals surface area contributed by atoms with Crippen LogP contribution in [-0.2, 0) is 25.7 Å². The molecular weight excluding hydrogens is 382 g/mol. The molecule has 1 aromatic carbocycles. The van der Waals surface area contributed by atoms with Gasteiger partial charge in [-0.3, -0.25) is 14.4 Å². The number of carbonyl (C=O) groups excluding carboxylic acids is 3. The number of aryl methyl sites for hydroxylation is 1. The van der Waals surface area contributed by atoms with Crippen molar-refractivity contribution in [3.05, 3.63) is 47.5 Å². The van der Waals surface area contributed by atoms with Gasteiger partial charge in [0, 0.05) is 26.2 Å². The highest BCUT2D eigenvalue weighted by atomic mass is 16.5. The Balaban J connectivity index is 1.36. The number of fused-ring (bicyclic) bond motifs is 1. The third-order valence-electron chi connectivity index (χ3n) is 6.93. The Morgan fingerprint density at radius 1 is 1.23 bits per heavy atom. The largest absolute Gasteiger partial charge is 0.360 e. The van der Waals surface area contributed by atoms with Gasteiger partial charge in [0.05, 0.1) is 31.0 Å². The van der Waals surface area contributed by atoms with Crippen molar-refractivity contribution in [2.24, 2.45) is 11.8 Å². The summed E-state index contributed by atoms with van der Waals surface area (Å²) in [7, 11) is 0. The highest BCUT2D eigenvalue weighted by Gasteiger charge is 2.67. The topological polar surface area (TPSA) is 70.2 Å². The van der Waals surface area contributed by atoms with E-state index in [0.717, 1.165) is 11.1 Å².